The highest BCUT2D eigenvalue weighted by Crippen LogP contribution is 2.23. The quantitative estimate of drug-likeness (QED) is 0.632. The number of carbonyl (C=O) groups is 1. The minimum Gasteiger partial charge on any atom is -0.496 e. The van der Waals surface area contributed by atoms with Crippen molar-refractivity contribution in [2.45, 2.75) is 46.2 Å². The SMILES string of the molecule is CCCC(C)CC(=O)N(Cc1cccs1)Cc1ccccc1OC. The molecule has 2 aromatic rings. The number of thiophene rings is 1. The lowest BCUT2D eigenvalue weighted by Gasteiger charge is -2.25. The van der Waals surface area contributed by atoms with Crippen molar-refractivity contribution in [1.82, 2.24) is 4.90 Å². The summed E-state index contributed by atoms with van der Waals surface area (Å²) >= 11 is 1.69. The molecular formula is C20H27NO2S. The van der Waals surface area contributed by atoms with Crippen LogP contribution < -0.4 is 4.74 Å². The van der Waals surface area contributed by atoms with E-state index < -0.39 is 0 Å². The fourth-order valence-corrected chi connectivity index (χ4v) is 3.60. The Morgan fingerprint density at radius 1 is 1.21 bits per heavy atom. The fourth-order valence-electron chi connectivity index (χ4n) is 2.88. The topological polar surface area (TPSA) is 29.5 Å². The molecule has 3 nitrogen and oxygen atoms in total. The molecule has 130 valence electrons. The Labute approximate surface area is 149 Å². The zero-order valence-electron chi connectivity index (χ0n) is 14.8. The van der Waals surface area contributed by atoms with Gasteiger partial charge in [0.2, 0.25) is 5.91 Å². The average molecular weight is 346 g/mol. The van der Waals surface area contributed by atoms with Crippen LogP contribution in [0.1, 0.15) is 43.6 Å². The first-order chi connectivity index (χ1) is 11.6. The summed E-state index contributed by atoms with van der Waals surface area (Å²) in [5.41, 5.74) is 1.05. The van der Waals surface area contributed by atoms with Crippen molar-refractivity contribution in [3.05, 3.63) is 52.2 Å². The van der Waals surface area contributed by atoms with Crippen LogP contribution in [0, 0.1) is 5.92 Å². The maximum absolute atomic E-state index is 12.8. The molecule has 1 amide bonds. The molecule has 1 atom stereocenters. The molecule has 0 radical (unpaired) electrons. The van der Waals surface area contributed by atoms with Crippen molar-refractivity contribution >= 4 is 17.2 Å². The summed E-state index contributed by atoms with van der Waals surface area (Å²) in [6.45, 7) is 5.57. The summed E-state index contributed by atoms with van der Waals surface area (Å²) in [4.78, 5) is 16.0. The molecule has 1 aromatic heterocycles. The standard InChI is InChI=1S/C20H27NO2S/c1-4-8-16(2)13-20(22)21(15-18-10-7-12-24-18)14-17-9-5-6-11-19(17)23-3/h5-7,9-12,16H,4,8,13-15H2,1-3H3. The van der Waals surface area contributed by atoms with Crippen LogP contribution in [0.4, 0.5) is 0 Å². The summed E-state index contributed by atoms with van der Waals surface area (Å²) in [5.74, 6) is 1.48. The van der Waals surface area contributed by atoms with Crippen LogP contribution >= 0.6 is 11.3 Å². The number of rotatable bonds is 9. The smallest absolute Gasteiger partial charge is 0.223 e. The molecule has 0 spiro atoms. The van der Waals surface area contributed by atoms with E-state index in [9.17, 15) is 4.79 Å². The van der Waals surface area contributed by atoms with Crippen molar-refractivity contribution in [3.8, 4) is 5.75 Å². The van der Waals surface area contributed by atoms with Crippen LogP contribution in [-0.2, 0) is 17.9 Å². The predicted octanol–water partition coefficient (Wildman–Crippen LogP) is 5.11. The lowest BCUT2D eigenvalue weighted by Crippen LogP contribution is -2.31. The van der Waals surface area contributed by atoms with Gasteiger partial charge in [-0.2, -0.15) is 0 Å². The van der Waals surface area contributed by atoms with Crippen molar-refractivity contribution in [3.63, 3.8) is 0 Å². The van der Waals surface area contributed by atoms with E-state index in [0.29, 0.717) is 25.4 Å². The molecule has 0 N–H and O–H groups in total. The summed E-state index contributed by atoms with van der Waals surface area (Å²) in [6, 6.07) is 12.0. The molecule has 0 saturated heterocycles. The number of para-hydroxylation sites is 1. The number of amides is 1. The van der Waals surface area contributed by atoms with Gasteiger partial charge in [0.25, 0.3) is 0 Å². The van der Waals surface area contributed by atoms with E-state index in [4.69, 9.17) is 4.74 Å². The monoisotopic (exact) mass is 345 g/mol. The van der Waals surface area contributed by atoms with Gasteiger partial charge in [0, 0.05) is 23.4 Å². The summed E-state index contributed by atoms with van der Waals surface area (Å²) in [6.07, 6.45) is 2.81. The number of hydrogen-bond donors (Lipinski definition) is 0. The fraction of sp³-hybridized carbons (Fsp3) is 0.450. The van der Waals surface area contributed by atoms with Crippen LogP contribution in [-0.4, -0.2) is 17.9 Å². The van der Waals surface area contributed by atoms with Crippen molar-refractivity contribution in [2.24, 2.45) is 5.92 Å². The van der Waals surface area contributed by atoms with Crippen LogP contribution in [0.5, 0.6) is 5.75 Å². The summed E-state index contributed by atoms with van der Waals surface area (Å²) < 4.78 is 5.45. The van der Waals surface area contributed by atoms with Crippen LogP contribution in [0.2, 0.25) is 0 Å². The van der Waals surface area contributed by atoms with E-state index >= 15 is 0 Å². The van der Waals surface area contributed by atoms with E-state index in [1.54, 1.807) is 18.4 Å². The molecule has 0 aliphatic carbocycles. The molecule has 2 rings (SSSR count). The summed E-state index contributed by atoms with van der Waals surface area (Å²) in [5, 5.41) is 2.06. The van der Waals surface area contributed by atoms with E-state index in [-0.39, 0.29) is 5.91 Å². The highest BCUT2D eigenvalue weighted by molar-refractivity contribution is 7.09. The lowest BCUT2D eigenvalue weighted by molar-refractivity contribution is -0.133. The molecular weight excluding hydrogens is 318 g/mol. The maximum atomic E-state index is 12.8. The van der Waals surface area contributed by atoms with E-state index in [2.05, 4.69) is 25.3 Å². The highest BCUT2D eigenvalue weighted by atomic mass is 32.1. The Morgan fingerprint density at radius 2 is 2.00 bits per heavy atom. The third-order valence-electron chi connectivity index (χ3n) is 4.14. The van der Waals surface area contributed by atoms with Gasteiger partial charge in [0.1, 0.15) is 5.75 Å². The minimum absolute atomic E-state index is 0.218. The number of methoxy groups -OCH3 is 1. The average Bonchev–Trinajstić information content (AvgIpc) is 3.08. The second kappa shape index (κ2) is 9.48. The first-order valence-corrected chi connectivity index (χ1v) is 9.44. The van der Waals surface area contributed by atoms with Crippen LogP contribution in [0.25, 0.3) is 0 Å². The molecule has 1 heterocycles. The molecule has 0 saturated carbocycles. The maximum Gasteiger partial charge on any atom is 0.223 e. The number of carbonyl (C=O) groups excluding carboxylic acids is 1. The second-order valence-corrected chi connectivity index (χ2v) is 7.27. The normalized spacial score (nSPS) is 12.0. The van der Waals surface area contributed by atoms with Gasteiger partial charge in [-0.1, -0.05) is 51.0 Å². The molecule has 1 aromatic carbocycles. The third kappa shape index (κ3) is 5.38. The molecule has 0 aliphatic rings. The van der Waals surface area contributed by atoms with Crippen LogP contribution in [0.3, 0.4) is 0 Å². The largest absolute Gasteiger partial charge is 0.496 e. The molecule has 0 fully saturated rings. The Balaban J connectivity index is 2.14. The van der Waals surface area contributed by atoms with E-state index in [1.165, 1.54) is 4.88 Å². The first-order valence-electron chi connectivity index (χ1n) is 8.56. The Kier molecular flexibility index (Phi) is 7.32. The number of ether oxygens (including phenoxy) is 1. The van der Waals surface area contributed by atoms with Gasteiger partial charge in [-0.3, -0.25) is 4.79 Å². The van der Waals surface area contributed by atoms with Gasteiger partial charge >= 0.3 is 0 Å². The Hall–Kier alpha value is -1.81. The zero-order chi connectivity index (χ0) is 17.4. The zero-order valence-corrected chi connectivity index (χ0v) is 15.6. The van der Waals surface area contributed by atoms with Crippen molar-refractivity contribution in [2.75, 3.05) is 7.11 Å². The third-order valence-corrected chi connectivity index (χ3v) is 5.00. The van der Waals surface area contributed by atoms with Gasteiger partial charge < -0.3 is 9.64 Å². The van der Waals surface area contributed by atoms with Crippen LogP contribution in [0.15, 0.2) is 41.8 Å². The van der Waals surface area contributed by atoms with E-state index in [1.807, 2.05) is 35.2 Å². The van der Waals surface area contributed by atoms with Gasteiger partial charge in [-0.15, -0.1) is 11.3 Å². The number of nitrogens with zero attached hydrogens (tertiary/aromatic N) is 1. The highest BCUT2D eigenvalue weighted by Gasteiger charge is 2.19. The van der Waals surface area contributed by atoms with Gasteiger partial charge in [0.05, 0.1) is 13.7 Å². The molecule has 0 bridgehead atoms. The second-order valence-electron chi connectivity index (χ2n) is 6.24. The predicted molar refractivity (Wildman–Crippen MR) is 100 cm³/mol. The van der Waals surface area contributed by atoms with Gasteiger partial charge in [-0.05, 0) is 23.4 Å². The molecule has 4 heteroatoms. The first kappa shape index (κ1) is 18.5. The van der Waals surface area contributed by atoms with Crippen molar-refractivity contribution < 1.29 is 9.53 Å². The molecule has 0 aliphatic heterocycles. The number of benzene rings is 1. The van der Waals surface area contributed by atoms with E-state index in [0.717, 1.165) is 24.2 Å². The minimum atomic E-state index is 0.218. The molecule has 1 unspecified atom stereocenters. The Morgan fingerprint density at radius 3 is 2.67 bits per heavy atom. The molecule has 24 heavy (non-hydrogen) atoms. The Bertz CT molecular complexity index is 624. The number of hydrogen-bond acceptors (Lipinski definition) is 3. The van der Waals surface area contributed by atoms with Crippen molar-refractivity contribution in [1.29, 1.82) is 0 Å². The van der Waals surface area contributed by atoms with Gasteiger partial charge in [-0.25, -0.2) is 0 Å². The lowest BCUT2D eigenvalue weighted by atomic mass is 10.0. The summed E-state index contributed by atoms with van der Waals surface area (Å²) in [7, 11) is 1.67. The van der Waals surface area contributed by atoms with Gasteiger partial charge in [0.15, 0.2) is 0 Å².